The van der Waals surface area contributed by atoms with Gasteiger partial charge < -0.3 is 10.2 Å². The van der Waals surface area contributed by atoms with Crippen LogP contribution in [0.1, 0.15) is 48.5 Å². The van der Waals surface area contributed by atoms with Crippen LogP contribution in [-0.2, 0) is 10.0 Å². The minimum absolute atomic E-state index is 0.0394. The van der Waals surface area contributed by atoms with Gasteiger partial charge in [-0.15, -0.1) is 0 Å². The molecule has 140 valence electrons. The summed E-state index contributed by atoms with van der Waals surface area (Å²) in [6, 6.07) is 4.36. The topological polar surface area (TPSA) is 92.5 Å². The first-order valence-corrected chi connectivity index (χ1v) is 10.5. The second kappa shape index (κ2) is 8.78. The lowest BCUT2D eigenvalue weighted by Crippen LogP contribution is -2.35. The number of amides is 1. The molecule has 1 aliphatic heterocycles. The number of unbranched alkanes of at least 4 members (excludes halogenated alkanes) is 1. The molecule has 6 nitrogen and oxygen atoms in total. The number of nitrogens with zero attached hydrogens (tertiary/aromatic N) is 1. The molecule has 1 amide bonds. The first-order valence-electron chi connectivity index (χ1n) is 8.91. The lowest BCUT2D eigenvalue weighted by Gasteiger charge is -2.30. The van der Waals surface area contributed by atoms with Crippen LogP contribution in [0.3, 0.4) is 0 Å². The molecule has 1 saturated heterocycles. The fourth-order valence-corrected chi connectivity index (χ4v) is 3.81. The van der Waals surface area contributed by atoms with E-state index in [2.05, 4.69) is 17.1 Å². The molecule has 1 unspecified atom stereocenters. The molecular weight excluding hydrogens is 338 g/mol. The molecule has 1 atom stereocenters. The largest absolute Gasteiger partial charge is 0.352 e. The molecule has 0 spiro atoms. The Balaban J connectivity index is 1.78. The Morgan fingerprint density at radius 2 is 2.12 bits per heavy atom. The predicted molar refractivity (Wildman–Crippen MR) is 99.0 cm³/mol. The highest BCUT2D eigenvalue weighted by Gasteiger charge is 2.16. The highest BCUT2D eigenvalue weighted by molar-refractivity contribution is 7.89. The number of sulfonamides is 1. The van der Waals surface area contributed by atoms with Gasteiger partial charge in [-0.2, -0.15) is 0 Å². The second-order valence-electron chi connectivity index (χ2n) is 7.03. The number of carbonyl (C=O) groups excluding carboxylic acids is 1. The Labute approximate surface area is 150 Å². The van der Waals surface area contributed by atoms with E-state index in [0.717, 1.165) is 30.9 Å². The van der Waals surface area contributed by atoms with Crippen molar-refractivity contribution in [3.63, 3.8) is 0 Å². The summed E-state index contributed by atoms with van der Waals surface area (Å²) in [6.07, 6.45) is 4.55. The smallest absolute Gasteiger partial charge is 0.251 e. The van der Waals surface area contributed by atoms with Crippen molar-refractivity contribution in [3.05, 3.63) is 29.3 Å². The van der Waals surface area contributed by atoms with Crippen LogP contribution in [0, 0.1) is 12.8 Å². The Kier molecular flexibility index (Phi) is 6.98. The number of likely N-dealkylation sites (tertiary alicyclic amines) is 1. The standard InChI is InChI=1S/C18H29N3O3S/c1-14-6-5-11-21(13-14)10-4-3-9-20-18(22)17-12-16(25(19,23)24)8-7-15(17)2/h7-8,12,14H,3-6,9-11,13H2,1-2H3,(H,20,22)(H2,19,23,24). The number of nitrogens with two attached hydrogens (primary N) is 1. The Morgan fingerprint density at radius 3 is 2.80 bits per heavy atom. The zero-order chi connectivity index (χ0) is 18.4. The molecule has 0 saturated carbocycles. The molecule has 7 heteroatoms. The molecule has 1 aromatic rings. The summed E-state index contributed by atoms with van der Waals surface area (Å²) in [5.41, 5.74) is 1.09. The van der Waals surface area contributed by atoms with E-state index in [1.165, 1.54) is 38.1 Å². The summed E-state index contributed by atoms with van der Waals surface area (Å²) in [6.45, 7) is 8.08. The fourth-order valence-electron chi connectivity index (χ4n) is 3.27. The van der Waals surface area contributed by atoms with Crippen molar-refractivity contribution in [1.82, 2.24) is 10.2 Å². The van der Waals surface area contributed by atoms with Crippen molar-refractivity contribution >= 4 is 15.9 Å². The molecule has 0 aromatic heterocycles. The number of nitrogens with one attached hydrogen (secondary N) is 1. The van der Waals surface area contributed by atoms with Gasteiger partial charge in [0.25, 0.3) is 5.91 Å². The highest BCUT2D eigenvalue weighted by Crippen LogP contribution is 2.16. The Morgan fingerprint density at radius 1 is 1.36 bits per heavy atom. The number of hydrogen-bond acceptors (Lipinski definition) is 4. The molecule has 0 radical (unpaired) electrons. The predicted octanol–water partition coefficient (Wildman–Crippen LogP) is 1.88. The van der Waals surface area contributed by atoms with Crippen molar-refractivity contribution in [2.24, 2.45) is 11.1 Å². The third-order valence-electron chi connectivity index (χ3n) is 4.71. The molecule has 1 fully saturated rings. The van der Waals surface area contributed by atoms with Gasteiger partial charge in [-0.25, -0.2) is 13.6 Å². The number of aryl methyl sites for hydroxylation is 1. The summed E-state index contributed by atoms with van der Waals surface area (Å²) in [7, 11) is -3.81. The SMILES string of the molecule is Cc1ccc(S(N)(=O)=O)cc1C(=O)NCCCCN1CCCC(C)C1. The fraction of sp³-hybridized carbons (Fsp3) is 0.611. The van der Waals surface area contributed by atoms with Crippen molar-refractivity contribution in [3.8, 4) is 0 Å². The molecular formula is C18H29N3O3S. The van der Waals surface area contributed by atoms with Crippen molar-refractivity contribution in [1.29, 1.82) is 0 Å². The lowest BCUT2D eigenvalue weighted by atomic mass is 10.0. The number of carbonyl (C=O) groups is 1. The van der Waals surface area contributed by atoms with Crippen molar-refractivity contribution in [2.45, 2.75) is 44.4 Å². The van der Waals surface area contributed by atoms with E-state index in [4.69, 9.17) is 5.14 Å². The van der Waals surface area contributed by atoms with Gasteiger partial charge in [0, 0.05) is 18.7 Å². The summed E-state index contributed by atoms with van der Waals surface area (Å²) in [4.78, 5) is 14.8. The van der Waals surface area contributed by atoms with Gasteiger partial charge in [-0.1, -0.05) is 13.0 Å². The molecule has 1 heterocycles. The maximum atomic E-state index is 12.3. The molecule has 0 aliphatic carbocycles. The molecule has 1 aromatic carbocycles. The van der Waals surface area contributed by atoms with Crippen LogP contribution in [0.5, 0.6) is 0 Å². The number of rotatable bonds is 7. The maximum absolute atomic E-state index is 12.3. The van der Waals surface area contributed by atoms with Crippen LogP contribution < -0.4 is 10.5 Å². The van der Waals surface area contributed by atoms with Gasteiger partial charge in [0.1, 0.15) is 0 Å². The summed E-state index contributed by atoms with van der Waals surface area (Å²) in [5.74, 6) is 0.525. The maximum Gasteiger partial charge on any atom is 0.251 e. The number of piperidine rings is 1. The number of primary sulfonamides is 1. The van der Waals surface area contributed by atoms with Crippen LogP contribution in [0.2, 0.25) is 0 Å². The minimum atomic E-state index is -3.81. The third kappa shape index (κ3) is 6.09. The molecule has 1 aliphatic rings. The van der Waals surface area contributed by atoms with Crippen molar-refractivity contribution < 1.29 is 13.2 Å². The zero-order valence-corrected chi connectivity index (χ0v) is 15.9. The highest BCUT2D eigenvalue weighted by atomic mass is 32.2. The van der Waals surface area contributed by atoms with Crippen molar-refractivity contribution in [2.75, 3.05) is 26.2 Å². The quantitative estimate of drug-likeness (QED) is 0.720. The lowest BCUT2D eigenvalue weighted by molar-refractivity contribution is 0.0951. The monoisotopic (exact) mass is 367 g/mol. The van der Waals surface area contributed by atoms with Crippen LogP contribution in [-0.4, -0.2) is 45.4 Å². The third-order valence-corrected chi connectivity index (χ3v) is 5.62. The normalized spacial score (nSPS) is 18.9. The van der Waals surface area contributed by atoms with E-state index < -0.39 is 10.0 Å². The van der Waals surface area contributed by atoms with E-state index >= 15 is 0 Å². The van der Waals surface area contributed by atoms with Gasteiger partial charge in [0.2, 0.25) is 10.0 Å². The van der Waals surface area contributed by atoms with Gasteiger partial charge in [-0.3, -0.25) is 4.79 Å². The minimum Gasteiger partial charge on any atom is -0.352 e. The number of hydrogen-bond donors (Lipinski definition) is 2. The van der Waals surface area contributed by atoms with Crippen LogP contribution >= 0.6 is 0 Å². The van der Waals surface area contributed by atoms with Crippen LogP contribution in [0.25, 0.3) is 0 Å². The van der Waals surface area contributed by atoms with E-state index in [1.54, 1.807) is 13.0 Å². The van der Waals surface area contributed by atoms with E-state index in [1.807, 2.05) is 0 Å². The first kappa shape index (κ1) is 19.9. The molecule has 2 rings (SSSR count). The molecule has 3 N–H and O–H groups in total. The van der Waals surface area contributed by atoms with Crippen LogP contribution in [0.15, 0.2) is 23.1 Å². The summed E-state index contributed by atoms with van der Waals surface area (Å²) >= 11 is 0. The first-order chi connectivity index (χ1) is 11.8. The van der Waals surface area contributed by atoms with Gasteiger partial charge in [-0.05, 0) is 69.3 Å². The molecule has 0 bridgehead atoms. The average Bonchev–Trinajstić information content (AvgIpc) is 2.53. The van der Waals surface area contributed by atoms with Crippen LogP contribution in [0.4, 0.5) is 0 Å². The average molecular weight is 368 g/mol. The Bertz CT molecular complexity index is 704. The van der Waals surface area contributed by atoms with E-state index in [0.29, 0.717) is 12.1 Å². The number of benzene rings is 1. The Hall–Kier alpha value is -1.44. The zero-order valence-electron chi connectivity index (χ0n) is 15.1. The van der Waals surface area contributed by atoms with Gasteiger partial charge in [0.05, 0.1) is 4.90 Å². The summed E-state index contributed by atoms with van der Waals surface area (Å²) < 4.78 is 22.9. The second-order valence-corrected chi connectivity index (χ2v) is 8.59. The van der Waals surface area contributed by atoms with E-state index in [9.17, 15) is 13.2 Å². The van der Waals surface area contributed by atoms with Gasteiger partial charge >= 0.3 is 0 Å². The molecule has 25 heavy (non-hydrogen) atoms. The van der Waals surface area contributed by atoms with E-state index in [-0.39, 0.29) is 10.8 Å². The van der Waals surface area contributed by atoms with Gasteiger partial charge in [0.15, 0.2) is 0 Å². The summed E-state index contributed by atoms with van der Waals surface area (Å²) in [5, 5.41) is 8.00.